The molecule has 0 amide bonds. The Morgan fingerprint density at radius 2 is 1.94 bits per heavy atom. The first-order valence-electron chi connectivity index (χ1n) is 10.4. The molecule has 0 spiro atoms. The van der Waals surface area contributed by atoms with Gasteiger partial charge in [0.15, 0.2) is 0 Å². The van der Waals surface area contributed by atoms with E-state index in [1.807, 2.05) is 6.33 Å². The lowest BCUT2D eigenvalue weighted by molar-refractivity contribution is -0.192. The number of ether oxygens (including phenoxy) is 1. The summed E-state index contributed by atoms with van der Waals surface area (Å²) in [6.45, 7) is 6.56. The molecule has 1 aromatic heterocycles. The summed E-state index contributed by atoms with van der Waals surface area (Å²) in [6.07, 6.45) is -2.49. The van der Waals surface area contributed by atoms with Crippen molar-refractivity contribution in [3.8, 4) is 5.75 Å². The van der Waals surface area contributed by atoms with Crippen LogP contribution in [0.2, 0.25) is 0 Å². The number of aliphatic carboxylic acids is 1. The zero-order chi connectivity index (χ0) is 25.7. The third-order valence-corrected chi connectivity index (χ3v) is 7.21. The third-order valence-electron chi connectivity index (χ3n) is 5.37. The zero-order valence-electron chi connectivity index (χ0n) is 19.4. The predicted octanol–water partition coefficient (Wildman–Crippen LogP) is 2.96. The van der Waals surface area contributed by atoms with E-state index in [9.17, 15) is 21.6 Å². The number of alkyl halides is 3. The molecular weight excluding hydrogens is 477 g/mol. The largest absolute Gasteiger partial charge is 0.497 e. The summed E-state index contributed by atoms with van der Waals surface area (Å²) in [7, 11) is -0.0126. The molecule has 0 aliphatic carbocycles. The molecule has 0 fully saturated rings. The molecule has 0 radical (unpaired) electrons. The second-order valence-corrected chi connectivity index (χ2v) is 9.95. The molecule has 1 aliphatic rings. The summed E-state index contributed by atoms with van der Waals surface area (Å²) in [6, 6.07) is 7.04. The van der Waals surface area contributed by atoms with Crippen molar-refractivity contribution in [1.82, 2.24) is 18.8 Å². The number of halogens is 3. The summed E-state index contributed by atoms with van der Waals surface area (Å²) in [4.78, 5) is 15.9. The highest BCUT2D eigenvalue weighted by Crippen LogP contribution is 2.26. The summed E-state index contributed by atoms with van der Waals surface area (Å²) in [5.74, 6) is -2.22. The molecule has 9 nitrogen and oxygen atoms in total. The van der Waals surface area contributed by atoms with E-state index in [4.69, 9.17) is 14.6 Å². The fourth-order valence-electron chi connectivity index (χ4n) is 3.15. The van der Waals surface area contributed by atoms with Gasteiger partial charge in [-0.15, -0.1) is 0 Å². The van der Waals surface area contributed by atoms with Crippen molar-refractivity contribution in [1.29, 1.82) is 0 Å². The quantitative estimate of drug-likeness (QED) is 0.642. The molecule has 34 heavy (non-hydrogen) atoms. The SMILES string of the molecule is COc1cccc(S(=O)(=O)N2CCCn3cnc(CN(C)C(C)C)c3C2)c1.O=C(O)C(F)(F)F. The number of carbonyl (C=O) groups is 1. The van der Waals surface area contributed by atoms with Crippen molar-refractivity contribution in [2.24, 2.45) is 0 Å². The number of aromatic nitrogens is 2. The van der Waals surface area contributed by atoms with Gasteiger partial charge >= 0.3 is 12.1 Å². The van der Waals surface area contributed by atoms with Gasteiger partial charge in [0.2, 0.25) is 10.0 Å². The van der Waals surface area contributed by atoms with Gasteiger partial charge in [0, 0.05) is 31.7 Å². The van der Waals surface area contributed by atoms with E-state index in [2.05, 4.69) is 35.3 Å². The van der Waals surface area contributed by atoms with Crippen molar-refractivity contribution >= 4 is 16.0 Å². The minimum absolute atomic E-state index is 0.260. The number of carboxylic acids is 1. The van der Waals surface area contributed by atoms with E-state index in [0.717, 1.165) is 24.4 Å². The average molecular weight is 507 g/mol. The average Bonchev–Trinajstić information content (AvgIpc) is 3.00. The normalized spacial score (nSPS) is 14.9. The Labute approximate surface area is 196 Å². The maximum Gasteiger partial charge on any atom is 0.490 e. The lowest BCUT2D eigenvalue weighted by Gasteiger charge is -2.23. The predicted molar refractivity (Wildman–Crippen MR) is 118 cm³/mol. The minimum Gasteiger partial charge on any atom is -0.497 e. The third kappa shape index (κ3) is 6.93. The molecule has 2 heterocycles. The number of rotatable bonds is 6. The number of carboxylic acid groups (broad SMARTS) is 1. The van der Waals surface area contributed by atoms with Gasteiger partial charge < -0.3 is 14.4 Å². The molecule has 2 aromatic rings. The number of fused-ring (bicyclic) bond motifs is 1. The van der Waals surface area contributed by atoms with Gasteiger partial charge in [0.05, 0.1) is 36.3 Å². The van der Waals surface area contributed by atoms with Crippen molar-refractivity contribution < 1.29 is 36.2 Å². The zero-order valence-corrected chi connectivity index (χ0v) is 20.2. The summed E-state index contributed by atoms with van der Waals surface area (Å²) < 4.78 is 67.0. The smallest absolute Gasteiger partial charge is 0.490 e. The van der Waals surface area contributed by atoms with Gasteiger partial charge in [-0.25, -0.2) is 18.2 Å². The Morgan fingerprint density at radius 3 is 2.50 bits per heavy atom. The van der Waals surface area contributed by atoms with Crippen LogP contribution in [-0.4, -0.2) is 71.2 Å². The van der Waals surface area contributed by atoms with E-state index in [1.165, 1.54) is 7.11 Å². The number of hydrogen-bond donors (Lipinski definition) is 1. The van der Waals surface area contributed by atoms with Crippen molar-refractivity contribution in [2.75, 3.05) is 20.7 Å². The highest BCUT2D eigenvalue weighted by atomic mass is 32.2. The second-order valence-electron chi connectivity index (χ2n) is 8.01. The lowest BCUT2D eigenvalue weighted by atomic mass is 10.2. The van der Waals surface area contributed by atoms with Gasteiger partial charge in [-0.05, 0) is 39.4 Å². The lowest BCUT2D eigenvalue weighted by Crippen LogP contribution is -2.32. The van der Waals surface area contributed by atoms with Crippen LogP contribution < -0.4 is 4.74 Å². The van der Waals surface area contributed by atoms with Gasteiger partial charge in [0.1, 0.15) is 5.75 Å². The van der Waals surface area contributed by atoms with Gasteiger partial charge in [-0.1, -0.05) is 6.07 Å². The van der Waals surface area contributed by atoms with Crippen LogP contribution in [0.3, 0.4) is 0 Å². The molecule has 0 saturated heterocycles. The van der Waals surface area contributed by atoms with Crippen LogP contribution in [0.4, 0.5) is 13.2 Å². The molecule has 1 N–H and O–H groups in total. The first kappa shape index (κ1) is 27.6. The number of methoxy groups -OCH3 is 1. The standard InChI is InChI=1S/C19H28N4O3S.C2HF3O2/c1-15(2)21(3)12-18-19-13-23(10-6-9-22(19)14-20-18)27(24,25)17-8-5-7-16(11-17)26-4;3-2(4,5)1(6)7/h5,7-8,11,14-15H,6,9-10,12-13H2,1-4H3;(H,6,7). The summed E-state index contributed by atoms with van der Waals surface area (Å²) in [5, 5.41) is 7.12. The van der Waals surface area contributed by atoms with E-state index in [1.54, 1.807) is 28.6 Å². The van der Waals surface area contributed by atoms with E-state index in [-0.39, 0.29) is 4.90 Å². The van der Waals surface area contributed by atoms with E-state index < -0.39 is 22.2 Å². The van der Waals surface area contributed by atoms with Crippen molar-refractivity contribution in [2.45, 2.75) is 57.0 Å². The molecule has 1 aliphatic heterocycles. The fraction of sp³-hybridized carbons (Fsp3) is 0.524. The van der Waals surface area contributed by atoms with Gasteiger partial charge in [-0.2, -0.15) is 17.5 Å². The number of benzene rings is 1. The second kappa shape index (κ2) is 11.2. The Bertz CT molecular complexity index is 1090. The summed E-state index contributed by atoms with van der Waals surface area (Å²) >= 11 is 0. The van der Waals surface area contributed by atoms with E-state index >= 15 is 0 Å². The van der Waals surface area contributed by atoms with E-state index in [0.29, 0.717) is 31.4 Å². The molecule has 0 bridgehead atoms. The molecule has 190 valence electrons. The molecule has 0 unspecified atom stereocenters. The van der Waals surface area contributed by atoms with Crippen LogP contribution in [0.25, 0.3) is 0 Å². The Kier molecular flexibility index (Phi) is 9.08. The van der Waals surface area contributed by atoms with Crippen LogP contribution >= 0.6 is 0 Å². The Morgan fingerprint density at radius 1 is 1.29 bits per heavy atom. The van der Waals surface area contributed by atoms with Crippen molar-refractivity contribution in [3.05, 3.63) is 42.0 Å². The highest BCUT2D eigenvalue weighted by molar-refractivity contribution is 7.89. The number of aryl methyl sites for hydroxylation is 1. The molecule has 0 atom stereocenters. The van der Waals surface area contributed by atoms with Crippen LogP contribution in [-0.2, 0) is 34.5 Å². The molecule has 0 saturated carbocycles. The fourth-order valence-corrected chi connectivity index (χ4v) is 4.63. The summed E-state index contributed by atoms with van der Waals surface area (Å²) in [5.41, 5.74) is 1.92. The van der Waals surface area contributed by atoms with Crippen LogP contribution in [0, 0.1) is 0 Å². The molecule has 13 heteroatoms. The van der Waals surface area contributed by atoms with Crippen molar-refractivity contribution in [3.63, 3.8) is 0 Å². The van der Waals surface area contributed by atoms with Crippen LogP contribution in [0.15, 0.2) is 35.5 Å². The first-order chi connectivity index (χ1) is 15.8. The van der Waals surface area contributed by atoms with Crippen LogP contribution in [0.1, 0.15) is 31.7 Å². The number of hydrogen-bond acceptors (Lipinski definition) is 6. The number of nitrogens with zero attached hydrogens (tertiary/aromatic N) is 4. The monoisotopic (exact) mass is 506 g/mol. The minimum atomic E-state index is -5.08. The highest BCUT2D eigenvalue weighted by Gasteiger charge is 2.38. The maximum atomic E-state index is 13.2. The van der Waals surface area contributed by atoms with Gasteiger partial charge in [-0.3, -0.25) is 4.90 Å². The number of sulfonamides is 1. The Balaban J connectivity index is 0.000000509. The Hall–Kier alpha value is -2.64. The van der Waals surface area contributed by atoms with Crippen LogP contribution in [0.5, 0.6) is 5.75 Å². The van der Waals surface area contributed by atoms with Gasteiger partial charge in [0.25, 0.3) is 0 Å². The maximum absolute atomic E-state index is 13.2. The first-order valence-corrected chi connectivity index (χ1v) is 11.9. The molecule has 1 aromatic carbocycles. The molecule has 3 rings (SSSR count). The number of imidazole rings is 1. The topological polar surface area (TPSA) is 105 Å². The molecular formula is C21H29F3N4O5S.